The minimum absolute atomic E-state index is 0.0391. The number of hydrogen-bond donors (Lipinski definition) is 1. The highest BCUT2D eigenvalue weighted by Crippen LogP contribution is 2.13. The van der Waals surface area contributed by atoms with Gasteiger partial charge in [-0.1, -0.05) is 0 Å². The second-order valence-corrected chi connectivity index (χ2v) is 5.65. The lowest BCUT2D eigenvalue weighted by Gasteiger charge is -2.14. The fourth-order valence-corrected chi connectivity index (χ4v) is 1.94. The molecule has 1 unspecified atom stereocenters. The fourth-order valence-electron chi connectivity index (χ4n) is 1.28. The van der Waals surface area contributed by atoms with Crippen molar-refractivity contribution in [2.24, 2.45) is 0 Å². The molecule has 0 aliphatic carbocycles. The highest BCUT2D eigenvalue weighted by Gasteiger charge is 2.13. The molecule has 1 atom stereocenters. The zero-order chi connectivity index (χ0) is 11.3. The van der Waals surface area contributed by atoms with Crippen LogP contribution in [0.1, 0.15) is 18.2 Å². The van der Waals surface area contributed by atoms with Crippen LogP contribution in [0.5, 0.6) is 0 Å². The molecule has 0 aliphatic heterocycles. The lowest BCUT2D eigenvalue weighted by molar-refractivity contribution is 0.547. The van der Waals surface area contributed by atoms with Crippen LogP contribution in [0, 0.1) is 0 Å². The van der Waals surface area contributed by atoms with E-state index >= 15 is 0 Å². The van der Waals surface area contributed by atoms with E-state index in [4.69, 9.17) is 0 Å². The summed E-state index contributed by atoms with van der Waals surface area (Å²) in [7, 11) is -1.13. The van der Waals surface area contributed by atoms with Gasteiger partial charge >= 0.3 is 0 Å². The first kappa shape index (κ1) is 12.1. The fraction of sp³-hybridized carbons (Fsp3) is 0.556. The van der Waals surface area contributed by atoms with Crippen molar-refractivity contribution in [1.29, 1.82) is 0 Å². The Hall–Kier alpha value is -1.01. The van der Waals surface area contributed by atoms with Gasteiger partial charge in [0.1, 0.15) is 16.2 Å². The Morgan fingerprint density at radius 1 is 1.53 bits per heavy atom. The van der Waals surface area contributed by atoms with Gasteiger partial charge in [0.05, 0.1) is 17.5 Å². The minimum Gasteiger partial charge on any atom is -0.312 e. The van der Waals surface area contributed by atoms with Gasteiger partial charge in [0.15, 0.2) is 0 Å². The molecule has 1 aromatic heterocycles. The molecule has 15 heavy (non-hydrogen) atoms. The quantitative estimate of drug-likeness (QED) is 0.779. The highest BCUT2D eigenvalue weighted by molar-refractivity contribution is 7.90. The summed E-state index contributed by atoms with van der Waals surface area (Å²) in [6.07, 6.45) is 4.86. The van der Waals surface area contributed by atoms with Gasteiger partial charge in [-0.3, -0.25) is 0 Å². The molecule has 1 heterocycles. The normalized spacial score (nSPS) is 13.7. The van der Waals surface area contributed by atoms with Crippen LogP contribution in [0.15, 0.2) is 18.6 Å². The van der Waals surface area contributed by atoms with E-state index in [0.717, 1.165) is 5.69 Å². The molecule has 0 aromatic carbocycles. The summed E-state index contributed by atoms with van der Waals surface area (Å²) in [4.78, 5) is 7.90. The smallest absolute Gasteiger partial charge is 0.147 e. The molecule has 6 heteroatoms. The largest absolute Gasteiger partial charge is 0.312 e. The van der Waals surface area contributed by atoms with E-state index in [1.807, 2.05) is 0 Å². The van der Waals surface area contributed by atoms with E-state index in [1.54, 1.807) is 19.3 Å². The topological polar surface area (TPSA) is 72.0 Å². The Bertz CT molecular complexity index is 391. The van der Waals surface area contributed by atoms with Crippen molar-refractivity contribution in [3.63, 3.8) is 0 Å². The van der Waals surface area contributed by atoms with Crippen LogP contribution in [0.2, 0.25) is 0 Å². The van der Waals surface area contributed by atoms with E-state index in [2.05, 4.69) is 15.3 Å². The number of nitrogens with zero attached hydrogens (tertiary/aromatic N) is 2. The average Bonchev–Trinajstić information content (AvgIpc) is 2.19. The van der Waals surface area contributed by atoms with E-state index in [1.165, 1.54) is 12.6 Å². The third-order valence-corrected chi connectivity index (χ3v) is 3.06. The number of rotatable bonds is 5. The zero-order valence-corrected chi connectivity index (χ0v) is 9.66. The summed E-state index contributed by atoms with van der Waals surface area (Å²) < 4.78 is 22.0. The molecule has 5 nitrogen and oxygen atoms in total. The molecular weight excluding hydrogens is 214 g/mol. The molecule has 0 saturated heterocycles. The van der Waals surface area contributed by atoms with Gasteiger partial charge in [0.2, 0.25) is 0 Å². The Morgan fingerprint density at radius 3 is 2.73 bits per heavy atom. The predicted molar refractivity (Wildman–Crippen MR) is 58.2 cm³/mol. The lowest BCUT2D eigenvalue weighted by atomic mass is 10.1. The molecule has 1 N–H and O–H groups in total. The number of nitrogens with one attached hydrogen (secondary N) is 1. The standard InChI is InChI=1S/C9H15N3O2S/c1-10-8(4-6-15(2,13)14)9-3-5-11-7-12-9/h3,5,7-8,10H,4,6H2,1-2H3. The summed E-state index contributed by atoms with van der Waals surface area (Å²) in [5.41, 5.74) is 0.816. The summed E-state index contributed by atoms with van der Waals surface area (Å²) in [5.74, 6) is 0.155. The van der Waals surface area contributed by atoms with E-state index in [0.29, 0.717) is 6.42 Å². The third kappa shape index (κ3) is 4.35. The summed E-state index contributed by atoms with van der Waals surface area (Å²) >= 11 is 0. The van der Waals surface area contributed by atoms with Crippen molar-refractivity contribution < 1.29 is 8.42 Å². The molecular formula is C9H15N3O2S. The van der Waals surface area contributed by atoms with Gasteiger partial charge in [0, 0.05) is 12.5 Å². The van der Waals surface area contributed by atoms with Crippen LogP contribution in [-0.2, 0) is 9.84 Å². The van der Waals surface area contributed by atoms with Crippen LogP contribution < -0.4 is 5.32 Å². The Morgan fingerprint density at radius 2 is 2.27 bits per heavy atom. The monoisotopic (exact) mass is 229 g/mol. The Kier molecular flexibility index (Phi) is 4.16. The minimum atomic E-state index is -2.92. The average molecular weight is 229 g/mol. The maximum Gasteiger partial charge on any atom is 0.147 e. The molecule has 1 rings (SSSR count). The Labute approximate surface area is 89.9 Å². The van der Waals surface area contributed by atoms with Crippen molar-refractivity contribution in [2.45, 2.75) is 12.5 Å². The Balaban J connectivity index is 2.66. The van der Waals surface area contributed by atoms with Gasteiger partial charge in [-0.2, -0.15) is 0 Å². The van der Waals surface area contributed by atoms with Gasteiger partial charge in [-0.05, 0) is 19.5 Å². The second kappa shape index (κ2) is 5.18. The molecule has 0 spiro atoms. The predicted octanol–water partition coefficient (Wildman–Crippen LogP) is 0.172. The second-order valence-electron chi connectivity index (χ2n) is 3.39. The number of sulfone groups is 1. The highest BCUT2D eigenvalue weighted by atomic mass is 32.2. The van der Waals surface area contributed by atoms with Crippen molar-refractivity contribution >= 4 is 9.84 Å². The molecule has 1 aromatic rings. The molecule has 0 aliphatic rings. The van der Waals surface area contributed by atoms with Crippen molar-refractivity contribution in [3.8, 4) is 0 Å². The van der Waals surface area contributed by atoms with Crippen molar-refractivity contribution in [1.82, 2.24) is 15.3 Å². The first-order chi connectivity index (χ1) is 7.03. The summed E-state index contributed by atoms with van der Waals surface area (Å²) in [6, 6.07) is 1.74. The van der Waals surface area contributed by atoms with Crippen LogP contribution in [0.25, 0.3) is 0 Å². The molecule has 0 fully saturated rings. The van der Waals surface area contributed by atoms with E-state index in [9.17, 15) is 8.42 Å². The van der Waals surface area contributed by atoms with E-state index in [-0.39, 0.29) is 11.8 Å². The SMILES string of the molecule is CNC(CCS(C)(=O)=O)c1ccncn1. The van der Waals surface area contributed by atoms with Gasteiger partial charge in [-0.25, -0.2) is 18.4 Å². The van der Waals surface area contributed by atoms with Crippen molar-refractivity contribution in [2.75, 3.05) is 19.1 Å². The maximum absolute atomic E-state index is 11.0. The van der Waals surface area contributed by atoms with Crippen LogP contribution in [-0.4, -0.2) is 37.4 Å². The van der Waals surface area contributed by atoms with Crippen LogP contribution >= 0.6 is 0 Å². The zero-order valence-electron chi connectivity index (χ0n) is 8.84. The first-order valence-corrected chi connectivity index (χ1v) is 6.70. The molecule has 0 radical (unpaired) electrons. The molecule has 84 valence electrons. The first-order valence-electron chi connectivity index (χ1n) is 4.64. The van der Waals surface area contributed by atoms with Crippen LogP contribution in [0.3, 0.4) is 0 Å². The van der Waals surface area contributed by atoms with Gasteiger partial charge in [0.25, 0.3) is 0 Å². The number of aromatic nitrogens is 2. The summed E-state index contributed by atoms with van der Waals surface area (Å²) in [5, 5.41) is 3.04. The van der Waals surface area contributed by atoms with E-state index < -0.39 is 9.84 Å². The third-order valence-electron chi connectivity index (χ3n) is 2.09. The van der Waals surface area contributed by atoms with Crippen LogP contribution in [0.4, 0.5) is 0 Å². The van der Waals surface area contributed by atoms with Gasteiger partial charge in [-0.15, -0.1) is 0 Å². The van der Waals surface area contributed by atoms with Gasteiger partial charge < -0.3 is 5.32 Å². The van der Waals surface area contributed by atoms with Crippen molar-refractivity contribution in [3.05, 3.63) is 24.3 Å². The molecule has 0 amide bonds. The maximum atomic E-state index is 11.0. The number of hydrogen-bond acceptors (Lipinski definition) is 5. The lowest BCUT2D eigenvalue weighted by Crippen LogP contribution is -2.20. The molecule has 0 bridgehead atoms. The summed E-state index contributed by atoms with van der Waals surface area (Å²) in [6.45, 7) is 0. The molecule has 0 saturated carbocycles.